The molecule has 2 aromatic carbocycles. The molecule has 0 radical (unpaired) electrons. The van der Waals surface area contributed by atoms with Crippen molar-refractivity contribution in [1.82, 2.24) is 0 Å². The van der Waals surface area contributed by atoms with Crippen molar-refractivity contribution in [2.75, 3.05) is 0 Å². The lowest BCUT2D eigenvalue weighted by molar-refractivity contribution is 0.176. The third-order valence-corrected chi connectivity index (χ3v) is 4.25. The van der Waals surface area contributed by atoms with Crippen LogP contribution >= 0.6 is 0 Å². The summed E-state index contributed by atoms with van der Waals surface area (Å²) >= 11 is 0. The lowest BCUT2D eigenvalue weighted by Gasteiger charge is -2.19. The molecule has 2 rings (SSSR count). The van der Waals surface area contributed by atoms with Gasteiger partial charge >= 0.3 is 0 Å². The first-order chi connectivity index (χ1) is 11.3. The molecule has 1 nitrogen and oxygen atoms in total. The molecule has 0 N–H and O–H groups in total. The molecule has 0 aliphatic heterocycles. The Labute approximate surface area is 141 Å². The second-order valence-corrected chi connectivity index (χ2v) is 6.27. The van der Waals surface area contributed by atoms with Crippen LogP contribution in [0.5, 0.6) is 5.75 Å². The second-order valence-electron chi connectivity index (χ2n) is 6.27. The van der Waals surface area contributed by atoms with E-state index < -0.39 is 0 Å². The van der Waals surface area contributed by atoms with Gasteiger partial charge in [-0.15, -0.1) is 0 Å². The van der Waals surface area contributed by atoms with Crippen molar-refractivity contribution in [3.63, 3.8) is 0 Å². The molecule has 0 aromatic heterocycles. The maximum Gasteiger partial charge on any atom is 0.119 e. The fraction of sp³-hybridized carbons (Fsp3) is 0.455. The van der Waals surface area contributed by atoms with Gasteiger partial charge in [0.05, 0.1) is 6.10 Å². The first-order valence-electron chi connectivity index (χ1n) is 9.15. The van der Waals surface area contributed by atoms with Gasteiger partial charge in [-0.3, -0.25) is 0 Å². The van der Waals surface area contributed by atoms with Crippen molar-refractivity contribution in [1.29, 1.82) is 0 Å². The van der Waals surface area contributed by atoms with Crippen molar-refractivity contribution < 1.29 is 4.74 Å². The number of hydrogen-bond acceptors (Lipinski definition) is 1. The molecule has 0 bridgehead atoms. The van der Waals surface area contributed by atoms with Crippen LogP contribution in [0.25, 0.3) is 11.1 Å². The highest BCUT2D eigenvalue weighted by atomic mass is 16.5. The first kappa shape index (κ1) is 17.6. The smallest absolute Gasteiger partial charge is 0.119 e. The standard InChI is InChI=1S/C22H30O/c1-3-5-6-10-14-21(11-4-2)23-22-17-15-20(16-18-22)19-12-8-7-9-13-19/h7-9,12-13,15-18,21H,3-6,10-11,14H2,1-2H3. The lowest BCUT2D eigenvalue weighted by Crippen LogP contribution is -2.16. The minimum absolute atomic E-state index is 0.361. The van der Waals surface area contributed by atoms with E-state index in [1.807, 2.05) is 0 Å². The Morgan fingerprint density at radius 1 is 0.696 bits per heavy atom. The summed E-state index contributed by atoms with van der Waals surface area (Å²) in [4.78, 5) is 0. The maximum absolute atomic E-state index is 6.23. The summed E-state index contributed by atoms with van der Waals surface area (Å²) in [5.74, 6) is 0.999. The van der Waals surface area contributed by atoms with Gasteiger partial charge in [0, 0.05) is 0 Å². The SMILES string of the molecule is CCCCCCC(CCC)Oc1ccc(-c2ccccc2)cc1. The Hall–Kier alpha value is -1.76. The summed E-state index contributed by atoms with van der Waals surface area (Å²) in [5, 5.41) is 0. The van der Waals surface area contributed by atoms with E-state index in [-0.39, 0.29) is 0 Å². The number of ether oxygens (including phenoxy) is 1. The summed E-state index contributed by atoms with van der Waals surface area (Å²) in [6, 6.07) is 19.0. The summed E-state index contributed by atoms with van der Waals surface area (Å²) in [7, 11) is 0. The van der Waals surface area contributed by atoms with E-state index >= 15 is 0 Å². The molecule has 1 heteroatoms. The van der Waals surface area contributed by atoms with Gasteiger partial charge in [0.2, 0.25) is 0 Å². The topological polar surface area (TPSA) is 9.23 Å². The van der Waals surface area contributed by atoms with Gasteiger partial charge in [-0.05, 0) is 42.5 Å². The van der Waals surface area contributed by atoms with Crippen molar-refractivity contribution in [2.45, 2.75) is 64.9 Å². The first-order valence-corrected chi connectivity index (χ1v) is 9.15. The zero-order valence-corrected chi connectivity index (χ0v) is 14.6. The summed E-state index contributed by atoms with van der Waals surface area (Å²) < 4.78 is 6.23. The molecule has 0 aliphatic carbocycles. The van der Waals surface area contributed by atoms with Crippen LogP contribution in [0.1, 0.15) is 58.8 Å². The number of unbranched alkanes of at least 4 members (excludes halogenated alkanes) is 3. The van der Waals surface area contributed by atoms with Crippen LogP contribution in [-0.4, -0.2) is 6.10 Å². The Kier molecular flexibility index (Phi) is 7.72. The predicted octanol–water partition coefficient (Wildman–Crippen LogP) is 6.87. The largest absolute Gasteiger partial charge is 0.490 e. The van der Waals surface area contributed by atoms with Crippen molar-refractivity contribution >= 4 is 0 Å². The summed E-state index contributed by atoms with van der Waals surface area (Å²) in [5.41, 5.74) is 2.50. The summed E-state index contributed by atoms with van der Waals surface area (Å²) in [6.07, 6.45) is 9.10. The maximum atomic E-state index is 6.23. The van der Waals surface area contributed by atoms with E-state index in [1.54, 1.807) is 0 Å². The van der Waals surface area contributed by atoms with Crippen LogP contribution in [0.3, 0.4) is 0 Å². The van der Waals surface area contributed by atoms with Crippen LogP contribution in [0.2, 0.25) is 0 Å². The molecule has 0 amide bonds. The fourth-order valence-electron chi connectivity index (χ4n) is 2.93. The van der Waals surface area contributed by atoms with E-state index in [2.05, 4.69) is 68.4 Å². The van der Waals surface area contributed by atoms with Crippen LogP contribution in [0.4, 0.5) is 0 Å². The third-order valence-electron chi connectivity index (χ3n) is 4.25. The van der Waals surface area contributed by atoms with Gasteiger partial charge in [0.25, 0.3) is 0 Å². The van der Waals surface area contributed by atoms with Gasteiger partial charge < -0.3 is 4.74 Å². The minimum Gasteiger partial charge on any atom is -0.490 e. The quantitative estimate of drug-likeness (QED) is 0.435. The molecule has 2 aromatic rings. The average Bonchev–Trinajstić information content (AvgIpc) is 2.60. The van der Waals surface area contributed by atoms with E-state index in [9.17, 15) is 0 Å². The normalized spacial score (nSPS) is 12.1. The average molecular weight is 310 g/mol. The minimum atomic E-state index is 0.361. The Bertz CT molecular complexity index is 530. The molecule has 0 saturated carbocycles. The van der Waals surface area contributed by atoms with Crippen LogP contribution < -0.4 is 4.74 Å². The van der Waals surface area contributed by atoms with E-state index in [0.29, 0.717) is 6.10 Å². The second kappa shape index (κ2) is 10.1. The van der Waals surface area contributed by atoms with E-state index in [1.165, 1.54) is 49.7 Å². The Balaban J connectivity index is 1.92. The molecule has 0 heterocycles. The van der Waals surface area contributed by atoms with Gasteiger partial charge in [0.1, 0.15) is 5.75 Å². The number of hydrogen-bond donors (Lipinski definition) is 0. The van der Waals surface area contributed by atoms with E-state index in [4.69, 9.17) is 4.74 Å². The van der Waals surface area contributed by atoms with Gasteiger partial charge in [-0.1, -0.05) is 82.0 Å². The molecular formula is C22H30O. The molecule has 0 spiro atoms. The van der Waals surface area contributed by atoms with Crippen LogP contribution in [0, 0.1) is 0 Å². The van der Waals surface area contributed by atoms with Gasteiger partial charge in [-0.2, -0.15) is 0 Å². The molecule has 1 atom stereocenters. The highest BCUT2D eigenvalue weighted by Gasteiger charge is 2.09. The molecular weight excluding hydrogens is 280 g/mol. The Morgan fingerprint density at radius 3 is 2.04 bits per heavy atom. The number of benzene rings is 2. The highest BCUT2D eigenvalue weighted by molar-refractivity contribution is 5.63. The molecule has 124 valence electrons. The van der Waals surface area contributed by atoms with Crippen molar-refractivity contribution in [2.24, 2.45) is 0 Å². The zero-order valence-electron chi connectivity index (χ0n) is 14.6. The summed E-state index contributed by atoms with van der Waals surface area (Å²) in [6.45, 7) is 4.50. The van der Waals surface area contributed by atoms with Crippen LogP contribution in [-0.2, 0) is 0 Å². The highest BCUT2D eigenvalue weighted by Crippen LogP contribution is 2.24. The Morgan fingerprint density at radius 2 is 1.39 bits per heavy atom. The number of rotatable bonds is 10. The monoisotopic (exact) mass is 310 g/mol. The predicted molar refractivity (Wildman–Crippen MR) is 100.0 cm³/mol. The van der Waals surface area contributed by atoms with E-state index in [0.717, 1.165) is 12.2 Å². The van der Waals surface area contributed by atoms with Crippen molar-refractivity contribution in [3.8, 4) is 16.9 Å². The lowest BCUT2D eigenvalue weighted by atomic mass is 10.0. The molecule has 0 saturated heterocycles. The zero-order chi connectivity index (χ0) is 16.3. The molecule has 0 fully saturated rings. The van der Waals surface area contributed by atoms with Gasteiger partial charge in [-0.25, -0.2) is 0 Å². The fourth-order valence-corrected chi connectivity index (χ4v) is 2.93. The molecule has 1 unspecified atom stereocenters. The molecule has 23 heavy (non-hydrogen) atoms. The van der Waals surface area contributed by atoms with Crippen LogP contribution in [0.15, 0.2) is 54.6 Å². The van der Waals surface area contributed by atoms with Crippen molar-refractivity contribution in [3.05, 3.63) is 54.6 Å². The third kappa shape index (κ3) is 6.09. The van der Waals surface area contributed by atoms with Gasteiger partial charge in [0.15, 0.2) is 0 Å². The molecule has 0 aliphatic rings.